The van der Waals surface area contributed by atoms with E-state index in [4.69, 9.17) is 15.0 Å². The van der Waals surface area contributed by atoms with Gasteiger partial charge in [0, 0.05) is 5.56 Å². The normalized spacial score (nSPS) is 13.7. The molecule has 8 heteroatoms. The van der Waals surface area contributed by atoms with Crippen LogP contribution < -0.4 is 15.8 Å². The van der Waals surface area contributed by atoms with Crippen LogP contribution in [0.2, 0.25) is 0 Å². The number of hydrogen-bond acceptors (Lipinski definition) is 6. The summed E-state index contributed by atoms with van der Waals surface area (Å²) in [5.74, 6) is 1.08. The Kier molecular flexibility index (Phi) is 6.77. The largest absolute Gasteiger partial charge is 0.497 e. The summed E-state index contributed by atoms with van der Waals surface area (Å²) in [6, 6.07) is 16.0. The first-order chi connectivity index (χ1) is 12.9. The fourth-order valence-electron chi connectivity index (χ4n) is 2.61. The van der Waals surface area contributed by atoms with Crippen LogP contribution in [0, 0.1) is 0 Å². The summed E-state index contributed by atoms with van der Waals surface area (Å²) in [6.45, 7) is 3.43. The third-order valence-electron chi connectivity index (χ3n) is 4.33. The van der Waals surface area contributed by atoms with Crippen molar-refractivity contribution in [3.8, 4) is 17.1 Å². The van der Waals surface area contributed by atoms with Crippen LogP contribution in [-0.4, -0.2) is 23.2 Å². The van der Waals surface area contributed by atoms with Gasteiger partial charge in [0.1, 0.15) is 17.3 Å². The molecule has 0 fully saturated rings. The van der Waals surface area contributed by atoms with Crippen LogP contribution in [0.3, 0.4) is 0 Å². The standard InChI is InChI=1S/C20H22N4O3.ClH/c1-13(22-19(25)20(2,21)15-9-5-4-6-10-15)18-23-17(24-27-18)14-8-7-11-16(12-14)26-3;/h4-13H,21H2,1-3H3,(H,22,25);1H. The number of nitrogens with zero attached hydrogens (tertiary/aromatic N) is 2. The fourth-order valence-corrected chi connectivity index (χ4v) is 2.61. The summed E-state index contributed by atoms with van der Waals surface area (Å²) >= 11 is 0. The average Bonchev–Trinajstić information content (AvgIpc) is 3.19. The van der Waals surface area contributed by atoms with E-state index in [0.717, 1.165) is 11.1 Å². The lowest BCUT2D eigenvalue weighted by molar-refractivity contribution is -0.127. The van der Waals surface area contributed by atoms with E-state index < -0.39 is 11.6 Å². The van der Waals surface area contributed by atoms with Gasteiger partial charge in [-0.2, -0.15) is 4.98 Å². The number of benzene rings is 2. The summed E-state index contributed by atoms with van der Waals surface area (Å²) in [4.78, 5) is 17.0. The molecule has 3 rings (SSSR count). The van der Waals surface area contributed by atoms with Gasteiger partial charge >= 0.3 is 0 Å². The van der Waals surface area contributed by atoms with Crippen molar-refractivity contribution in [1.29, 1.82) is 0 Å². The maximum Gasteiger partial charge on any atom is 0.249 e. The van der Waals surface area contributed by atoms with Crippen molar-refractivity contribution < 1.29 is 14.1 Å². The van der Waals surface area contributed by atoms with Crippen LogP contribution in [0.5, 0.6) is 5.75 Å². The third-order valence-corrected chi connectivity index (χ3v) is 4.33. The minimum Gasteiger partial charge on any atom is -0.497 e. The average molecular weight is 403 g/mol. The highest BCUT2D eigenvalue weighted by atomic mass is 35.5. The van der Waals surface area contributed by atoms with Gasteiger partial charge in [-0.3, -0.25) is 4.79 Å². The minimum absolute atomic E-state index is 0. The highest BCUT2D eigenvalue weighted by Gasteiger charge is 2.32. The molecule has 0 bridgehead atoms. The highest BCUT2D eigenvalue weighted by Crippen LogP contribution is 2.24. The van der Waals surface area contributed by atoms with Crippen LogP contribution in [0.4, 0.5) is 0 Å². The monoisotopic (exact) mass is 402 g/mol. The zero-order valence-corrected chi connectivity index (χ0v) is 16.7. The SMILES string of the molecule is COc1cccc(-c2noc(C(C)NC(=O)C(C)(N)c3ccccc3)n2)c1.Cl. The number of methoxy groups -OCH3 is 1. The van der Waals surface area contributed by atoms with E-state index in [1.807, 2.05) is 54.6 Å². The van der Waals surface area contributed by atoms with Crippen molar-refractivity contribution in [3.63, 3.8) is 0 Å². The molecule has 2 unspecified atom stereocenters. The zero-order valence-electron chi connectivity index (χ0n) is 15.9. The predicted octanol–water partition coefficient (Wildman–Crippen LogP) is 3.22. The van der Waals surface area contributed by atoms with Crippen molar-refractivity contribution in [2.24, 2.45) is 5.73 Å². The Hall–Kier alpha value is -2.90. The molecule has 7 nitrogen and oxygen atoms in total. The molecule has 2 aromatic carbocycles. The second-order valence-electron chi connectivity index (χ2n) is 6.45. The van der Waals surface area contributed by atoms with Gasteiger partial charge in [0.2, 0.25) is 17.6 Å². The Morgan fingerprint density at radius 2 is 1.93 bits per heavy atom. The number of rotatable bonds is 6. The summed E-state index contributed by atoms with van der Waals surface area (Å²) in [6.07, 6.45) is 0. The van der Waals surface area contributed by atoms with Crippen LogP contribution in [0.15, 0.2) is 59.1 Å². The van der Waals surface area contributed by atoms with Crippen LogP contribution in [0.25, 0.3) is 11.4 Å². The summed E-state index contributed by atoms with van der Waals surface area (Å²) in [5.41, 5.74) is 6.55. The van der Waals surface area contributed by atoms with E-state index in [1.54, 1.807) is 21.0 Å². The molecule has 0 radical (unpaired) electrons. The molecule has 0 spiro atoms. The Morgan fingerprint density at radius 1 is 1.21 bits per heavy atom. The Morgan fingerprint density at radius 3 is 2.61 bits per heavy atom. The lowest BCUT2D eigenvalue weighted by Gasteiger charge is -2.25. The van der Waals surface area contributed by atoms with Crippen LogP contribution >= 0.6 is 12.4 Å². The molecule has 0 saturated heterocycles. The third kappa shape index (κ3) is 4.49. The number of aromatic nitrogens is 2. The number of carbonyl (C=O) groups is 1. The molecule has 0 aliphatic rings. The second kappa shape index (κ2) is 8.86. The summed E-state index contributed by atoms with van der Waals surface area (Å²) in [5, 5.41) is 6.82. The number of halogens is 1. The summed E-state index contributed by atoms with van der Waals surface area (Å²) < 4.78 is 10.5. The van der Waals surface area contributed by atoms with Gasteiger partial charge in [-0.05, 0) is 31.5 Å². The smallest absolute Gasteiger partial charge is 0.249 e. The van der Waals surface area contributed by atoms with Crippen molar-refractivity contribution in [1.82, 2.24) is 15.5 Å². The first-order valence-electron chi connectivity index (χ1n) is 8.55. The molecule has 2 atom stereocenters. The Bertz CT molecular complexity index is 928. The molecule has 1 amide bonds. The van der Waals surface area contributed by atoms with E-state index >= 15 is 0 Å². The van der Waals surface area contributed by atoms with E-state index in [-0.39, 0.29) is 18.3 Å². The quantitative estimate of drug-likeness (QED) is 0.656. The Labute approximate surface area is 169 Å². The predicted molar refractivity (Wildman–Crippen MR) is 108 cm³/mol. The van der Waals surface area contributed by atoms with E-state index in [2.05, 4.69) is 15.5 Å². The number of hydrogen-bond donors (Lipinski definition) is 2. The van der Waals surface area contributed by atoms with E-state index in [0.29, 0.717) is 17.5 Å². The number of nitrogens with one attached hydrogen (secondary N) is 1. The van der Waals surface area contributed by atoms with Crippen LogP contribution in [-0.2, 0) is 10.3 Å². The number of ether oxygens (including phenoxy) is 1. The number of nitrogens with two attached hydrogens (primary N) is 1. The number of amides is 1. The van der Waals surface area contributed by atoms with Crippen molar-refractivity contribution >= 4 is 18.3 Å². The summed E-state index contributed by atoms with van der Waals surface area (Å²) in [7, 11) is 1.59. The zero-order chi connectivity index (χ0) is 19.4. The molecular formula is C20H23ClN4O3. The molecular weight excluding hydrogens is 380 g/mol. The maximum atomic E-state index is 12.7. The van der Waals surface area contributed by atoms with Gasteiger partial charge in [-0.1, -0.05) is 47.6 Å². The maximum absolute atomic E-state index is 12.7. The minimum atomic E-state index is -1.18. The molecule has 0 saturated carbocycles. The van der Waals surface area contributed by atoms with Crippen molar-refractivity contribution in [2.45, 2.75) is 25.4 Å². The molecule has 0 aliphatic heterocycles. The molecule has 3 N–H and O–H groups in total. The Balaban J connectivity index is 0.00000280. The van der Waals surface area contributed by atoms with Gasteiger partial charge in [0.05, 0.1) is 7.11 Å². The van der Waals surface area contributed by atoms with E-state index in [1.165, 1.54) is 0 Å². The van der Waals surface area contributed by atoms with Crippen molar-refractivity contribution in [3.05, 3.63) is 66.1 Å². The molecule has 1 aromatic heterocycles. The molecule has 1 heterocycles. The molecule has 0 aliphatic carbocycles. The van der Waals surface area contributed by atoms with Crippen molar-refractivity contribution in [2.75, 3.05) is 7.11 Å². The van der Waals surface area contributed by atoms with Gasteiger partial charge in [0.15, 0.2) is 0 Å². The molecule has 148 valence electrons. The van der Waals surface area contributed by atoms with Gasteiger partial charge in [-0.25, -0.2) is 0 Å². The van der Waals surface area contributed by atoms with Gasteiger partial charge in [0.25, 0.3) is 0 Å². The highest BCUT2D eigenvalue weighted by molar-refractivity contribution is 5.87. The van der Waals surface area contributed by atoms with Gasteiger partial charge < -0.3 is 20.3 Å². The lowest BCUT2D eigenvalue weighted by Crippen LogP contribution is -2.49. The van der Waals surface area contributed by atoms with Gasteiger partial charge in [-0.15, -0.1) is 12.4 Å². The van der Waals surface area contributed by atoms with E-state index in [9.17, 15) is 4.79 Å². The van der Waals surface area contributed by atoms with Crippen LogP contribution in [0.1, 0.15) is 31.3 Å². The second-order valence-corrected chi connectivity index (χ2v) is 6.45. The first-order valence-corrected chi connectivity index (χ1v) is 8.55. The fraction of sp³-hybridized carbons (Fsp3) is 0.250. The lowest BCUT2D eigenvalue weighted by atomic mass is 9.92. The number of carbonyl (C=O) groups excluding carboxylic acids is 1. The molecule has 28 heavy (non-hydrogen) atoms. The first kappa shape index (κ1) is 21.4. The molecule has 3 aromatic rings. The topological polar surface area (TPSA) is 103 Å².